The number of carbonyl (C=O) groups excluding carboxylic acids is 1. The number of hydrogen-bond donors (Lipinski definition) is 1. The molecule has 6 nitrogen and oxygen atoms in total. The second-order valence-electron chi connectivity index (χ2n) is 7.22. The van der Waals surface area contributed by atoms with Crippen LogP contribution in [0.2, 0.25) is 5.02 Å². The Bertz CT molecular complexity index is 1070. The van der Waals surface area contributed by atoms with Gasteiger partial charge in [-0.1, -0.05) is 47.1 Å². The molecule has 1 aromatic heterocycles. The van der Waals surface area contributed by atoms with Gasteiger partial charge in [-0.3, -0.25) is 4.79 Å². The van der Waals surface area contributed by atoms with Crippen LogP contribution in [0.5, 0.6) is 5.75 Å². The minimum Gasteiger partial charge on any atom is -0.482 e. The van der Waals surface area contributed by atoms with Crippen LogP contribution >= 0.6 is 23.4 Å². The number of aryl methyl sites for hydroxylation is 3. The molecular formula is C22H25ClN4O2S. The van der Waals surface area contributed by atoms with E-state index in [0.29, 0.717) is 21.7 Å². The summed E-state index contributed by atoms with van der Waals surface area (Å²) in [4.78, 5) is 12.4. The Morgan fingerprint density at radius 1 is 1.17 bits per heavy atom. The fourth-order valence-corrected chi connectivity index (χ4v) is 3.92. The van der Waals surface area contributed by atoms with Crippen molar-refractivity contribution in [3.05, 3.63) is 63.9 Å². The van der Waals surface area contributed by atoms with Crippen molar-refractivity contribution in [2.24, 2.45) is 7.05 Å². The zero-order valence-corrected chi connectivity index (χ0v) is 19.3. The molecule has 1 amide bonds. The van der Waals surface area contributed by atoms with Crippen molar-refractivity contribution >= 4 is 35.0 Å². The molecule has 158 valence electrons. The van der Waals surface area contributed by atoms with E-state index in [1.807, 2.05) is 50.6 Å². The number of benzene rings is 2. The number of thioether (sulfide) groups is 1. The SMILES string of the molecule is Cc1ccc(OC(C)c2nnc(SCC(=O)Nc3cc(Cl)ccc3C)n2C)c(C)c1. The van der Waals surface area contributed by atoms with Crippen molar-refractivity contribution in [3.8, 4) is 5.75 Å². The molecule has 3 rings (SSSR count). The minimum atomic E-state index is -0.277. The number of nitrogens with one attached hydrogen (secondary N) is 1. The van der Waals surface area contributed by atoms with E-state index in [0.717, 1.165) is 16.9 Å². The Hall–Kier alpha value is -2.51. The number of nitrogens with zero attached hydrogens (tertiary/aromatic N) is 3. The lowest BCUT2D eigenvalue weighted by atomic mass is 10.1. The summed E-state index contributed by atoms with van der Waals surface area (Å²) in [7, 11) is 1.87. The highest BCUT2D eigenvalue weighted by molar-refractivity contribution is 7.99. The zero-order valence-electron chi connectivity index (χ0n) is 17.7. The van der Waals surface area contributed by atoms with E-state index in [1.165, 1.54) is 17.3 Å². The molecule has 8 heteroatoms. The number of ether oxygens (including phenoxy) is 1. The normalized spacial score (nSPS) is 11.9. The third-order valence-corrected chi connectivity index (χ3v) is 5.93. The zero-order chi connectivity index (χ0) is 21.8. The second kappa shape index (κ2) is 9.53. The molecule has 1 unspecified atom stereocenters. The summed E-state index contributed by atoms with van der Waals surface area (Å²) >= 11 is 7.33. The molecule has 0 aliphatic carbocycles. The maximum absolute atomic E-state index is 12.4. The highest BCUT2D eigenvalue weighted by Crippen LogP contribution is 2.27. The largest absolute Gasteiger partial charge is 0.482 e. The molecule has 30 heavy (non-hydrogen) atoms. The van der Waals surface area contributed by atoms with Crippen LogP contribution in [0.4, 0.5) is 5.69 Å². The number of rotatable bonds is 7. The van der Waals surface area contributed by atoms with Gasteiger partial charge in [0.05, 0.1) is 5.75 Å². The third kappa shape index (κ3) is 5.34. The quantitative estimate of drug-likeness (QED) is 0.503. The monoisotopic (exact) mass is 444 g/mol. The molecule has 0 radical (unpaired) electrons. The maximum Gasteiger partial charge on any atom is 0.234 e. The summed E-state index contributed by atoms with van der Waals surface area (Å²) in [5, 5.41) is 12.6. The van der Waals surface area contributed by atoms with Gasteiger partial charge in [-0.25, -0.2) is 0 Å². The molecule has 0 aliphatic rings. The summed E-state index contributed by atoms with van der Waals surface area (Å²) in [6, 6.07) is 11.5. The number of carbonyl (C=O) groups is 1. The van der Waals surface area contributed by atoms with Gasteiger partial charge in [-0.15, -0.1) is 10.2 Å². The summed E-state index contributed by atoms with van der Waals surface area (Å²) in [5.41, 5.74) is 3.93. The Labute approximate surface area is 186 Å². The van der Waals surface area contributed by atoms with E-state index >= 15 is 0 Å². The Balaban J connectivity index is 1.62. The molecule has 0 saturated carbocycles. The first-order valence-electron chi connectivity index (χ1n) is 9.56. The van der Waals surface area contributed by atoms with Crippen LogP contribution in [-0.4, -0.2) is 26.4 Å². The van der Waals surface area contributed by atoms with Gasteiger partial charge in [0.15, 0.2) is 17.1 Å². The van der Waals surface area contributed by atoms with Crippen molar-refractivity contribution in [2.45, 2.75) is 39.0 Å². The standard InChI is InChI=1S/C22H25ClN4O2S/c1-13-6-9-19(15(3)10-13)29-16(4)21-25-26-22(27(21)5)30-12-20(28)24-18-11-17(23)8-7-14(18)2/h6-11,16H,12H2,1-5H3,(H,24,28). The van der Waals surface area contributed by atoms with Gasteiger partial charge in [0.1, 0.15) is 5.75 Å². The van der Waals surface area contributed by atoms with Gasteiger partial charge in [0.25, 0.3) is 0 Å². The number of amides is 1. The topological polar surface area (TPSA) is 69.0 Å². The molecule has 0 aliphatic heterocycles. The predicted octanol–water partition coefficient (Wildman–Crippen LogP) is 5.26. The van der Waals surface area contributed by atoms with E-state index in [4.69, 9.17) is 16.3 Å². The first kappa shape index (κ1) is 22.2. The third-order valence-electron chi connectivity index (χ3n) is 4.67. The number of anilines is 1. The van der Waals surface area contributed by atoms with Crippen LogP contribution in [0, 0.1) is 20.8 Å². The first-order valence-corrected chi connectivity index (χ1v) is 10.9. The molecule has 1 N–H and O–H groups in total. The predicted molar refractivity (Wildman–Crippen MR) is 122 cm³/mol. The van der Waals surface area contributed by atoms with Crippen LogP contribution in [0.25, 0.3) is 0 Å². The van der Waals surface area contributed by atoms with Gasteiger partial charge in [0, 0.05) is 17.8 Å². The molecule has 1 heterocycles. The lowest BCUT2D eigenvalue weighted by Gasteiger charge is -2.16. The van der Waals surface area contributed by atoms with E-state index < -0.39 is 0 Å². The average molecular weight is 445 g/mol. The first-order chi connectivity index (χ1) is 14.2. The lowest BCUT2D eigenvalue weighted by molar-refractivity contribution is -0.113. The highest BCUT2D eigenvalue weighted by atomic mass is 35.5. The maximum atomic E-state index is 12.4. The summed E-state index contributed by atoms with van der Waals surface area (Å²) < 4.78 is 7.94. The van der Waals surface area contributed by atoms with Crippen LogP contribution in [0.15, 0.2) is 41.6 Å². The molecule has 3 aromatic rings. The molecule has 0 saturated heterocycles. The van der Waals surface area contributed by atoms with Gasteiger partial charge in [0.2, 0.25) is 5.91 Å². The molecule has 0 spiro atoms. The Morgan fingerprint density at radius 2 is 1.93 bits per heavy atom. The van der Waals surface area contributed by atoms with Crippen molar-refractivity contribution in [1.82, 2.24) is 14.8 Å². The van der Waals surface area contributed by atoms with E-state index in [-0.39, 0.29) is 17.8 Å². The van der Waals surface area contributed by atoms with E-state index in [9.17, 15) is 4.79 Å². The van der Waals surface area contributed by atoms with Crippen LogP contribution in [0.1, 0.15) is 35.5 Å². The fraction of sp³-hybridized carbons (Fsp3) is 0.318. The van der Waals surface area contributed by atoms with Crippen molar-refractivity contribution < 1.29 is 9.53 Å². The molecule has 2 aromatic carbocycles. The summed E-state index contributed by atoms with van der Waals surface area (Å²) in [6.07, 6.45) is -0.277. The molecule has 1 atom stereocenters. The number of halogens is 1. The summed E-state index contributed by atoms with van der Waals surface area (Å²) in [6.45, 7) is 7.93. The van der Waals surface area contributed by atoms with Gasteiger partial charge < -0.3 is 14.6 Å². The lowest BCUT2D eigenvalue weighted by Crippen LogP contribution is -2.15. The molecule has 0 bridgehead atoms. The second-order valence-corrected chi connectivity index (χ2v) is 8.60. The van der Waals surface area contributed by atoms with Gasteiger partial charge in [-0.05, 0) is 57.0 Å². The Kier molecular flexibility index (Phi) is 7.05. The summed E-state index contributed by atoms with van der Waals surface area (Å²) in [5.74, 6) is 1.60. The molecular weight excluding hydrogens is 420 g/mol. The highest BCUT2D eigenvalue weighted by Gasteiger charge is 2.19. The van der Waals surface area contributed by atoms with Crippen molar-refractivity contribution in [2.75, 3.05) is 11.1 Å². The van der Waals surface area contributed by atoms with Gasteiger partial charge >= 0.3 is 0 Å². The van der Waals surface area contributed by atoms with Crippen LogP contribution in [0.3, 0.4) is 0 Å². The average Bonchev–Trinajstić information content (AvgIpc) is 3.06. The van der Waals surface area contributed by atoms with Crippen LogP contribution < -0.4 is 10.1 Å². The van der Waals surface area contributed by atoms with Gasteiger partial charge in [-0.2, -0.15) is 0 Å². The number of hydrogen-bond acceptors (Lipinski definition) is 5. The Morgan fingerprint density at radius 3 is 2.67 bits per heavy atom. The van der Waals surface area contributed by atoms with Crippen LogP contribution in [-0.2, 0) is 11.8 Å². The van der Waals surface area contributed by atoms with E-state index in [2.05, 4.69) is 28.5 Å². The fourth-order valence-electron chi connectivity index (χ4n) is 3.03. The molecule has 0 fully saturated rings. The van der Waals surface area contributed by atoms with E-state index in [1.54, 1.807) is 12.1 Å². The number of aromatic nitrogens is 3. The van der Waals surface area contributed by atoms with Crippen molar-refractivity contribution in [3.63, 3.8) is 0 Å². The van der Waals surface area contributed by atoms with Crippen molar-refractivity contribution in [1.29, 1.82) is 0 Å². The smallest absolute Gasteiger partial charge is 0.234 e. The minimum absolute atomic E-state index is 0.130.